The van der Waals surface area contributed by atoms with Crippen LogP contribution in [0.2, 0.25) is 0 Å². The predicted octanol–water partition coefficient (Wildman–Crippen LogP) is 5.39. The highest BCUT2D eigenvalue weighted by Crippen LogP contribution is 2.28. The van der Waals surface area contributed by atoms with Crippen molar-refractivity contribution in [1.82, 2.24) is 10.2 Å². The smallest absolute Gasteiger partial charge is 0.404 e. The summed E-state index contributed by atoms with van der Waals surface area (Å²) >= 11 is 0. The van der Waals surface area contributed by atoms with E-state index in [4.69, 9.17) is 5.11 Å². The molecule has 1 amide bonds. The van der Waals surface area contributed by atoms with Crippen molar-refractivity contribution >= 4 is 6.09 Å². The Kier molecular flexibility index (Phi) is 11.2. The number of carbonyl (C=O) groups is 1. The molecule has 7 heteroatoms. The average Bonchev–Trinajstić information content (AvgIpc) is 2.77. The van der Waals surface area contributed by atoms with Gasteiger partial charge in [0.2, 0.25) is 0 Å². The van der Waals surface area contributed by atoms with Crippen LogP contribution in [0.4, 0.5) is 13.6 Å². The van der Waals surface area contributed by atoms with Crippen LogP contribution in [0, 0.1) is 18.6 Å². The lowest BCUT2D eigenvalue weighted by Gasteiger charge is -2.33. The van der Waals surface area contributed by atoms with Crippen LogP contribution < -0.4 is 5.32 Å². The molecule has 3 aromatic carbocycles. The molecule has 5 nitrogen and oxygen atoms in total. The number of aryl methyl sites for hydroxylation is 1. The summed E-state index contributed by atoms with van der Waals surface area (Å²) in [5.74, 6) is -1.04. The maximum Gasteiger partial charge on any atom is 0.404 e. The molecule has 0 aliphatic rings. The third-order valence-corrected chi connectivity index (χ3v) is 5.00. The number of hydrogen-bond donors (Lipinski definition) is 3. The molecule has 3 N–H and O–H groups in total. The number of carboxylic acid groups (broad SMARTS) is 1. The number of nitrogens with one attached hydrogen (secondary N) is 1. The first-order chi connectivity index (χ1) is 16.3. The average molecular weight is 471 g/mol. The van der Waals surface area contributed by atoms with E-state index in [-0.39, 0.29) is 6.04 Å². The quantitative estimate of drug-likeness (QED) is 0.367. The number of aliphatic hydroxyl groups excluding tert-OH is 1. The first-order valence-corrected chi connectivity index (χ1v) is 11.2. The second kappa shape index (κ2) is 14.1. The zero-order valence-electron chi connectivity index (χ0n) is 19.5. The highest BCUT2D eigenvalue weighted by atomic mass is 19.1. The minimum atomic E-state index is -1.01. The van der Waals surface area contributed by atoms with Gasteiger partial charge in [-0.25, -0.2) is 13.6 Å². The van der Waals surface area contributed by atoms with Crippen molar-refractivity contribution in [2.75, 3.05) is 19.6 Å². The number of hydrogen-bond acceptors (Lipinski definition) is 3. The monoisotopic (exact) mass is 470 g/mol. The van der Waals surface area contributed by atoms with E-state index in [1.54, 1.807) is 13.8 Å². The van der Waals surface area contributed by atoms with Gasteiger partial charge in [-0.1, -0.05) is 60.7 Å². The van der Waals surface area contributed by atoms with Crippen LogP contribution in [0.15, 0.2) is 78.9 Å². The van der Waals surface area contributed by atoms with Crippen LogP contribution in [-0.4, -0.2) is 46.9 Å². The molecule has 0 spiro atoms. The molecule has 182 valence electrons. The summed E-state index contributed by atoms with van der Waals surface area (Å²) in [5.41, 5.74) is 2.91. The van der Waals surface area contributed by atoms with Crippen LogP contribution in [0.5, 0.6) is 0 Å². The molecule has 0 radical (unpaired) electrons. The van der Waals surface area contributed by atoms with Gasteiger partial charge in [0, 0.05) is 25.7 Å². The van der Waals surface area contributed by atoms with Crippen molar-refractivity contribution < 1.29 is 23.8 Å². The van der Waals surface area contributed by atoms with Crippen molar-refractivity contribution in [3.8, 4) is 0 Å². The van der Waals surface area contributed by atoms with Crippen molar-refractivity contribution in [1.29, 1.82) is 0 Å². The molecule has 0 bridgehead atoms. The Bertz CT molecular complexity index is 911. The Hall–Kier alpha value is -3.29. The molecule has 0 fully saturated rings. The first-order valence-electron chi connectivity index (χ1n) is 11.2. The van der Waals surface area contributed by atoms with Gasteiger partial charge in [0.05, 0.1) is 12.1 Å². The van der Waals surface area contributed by atoms with Crippen molar-refractivity contribution in [2.24, 2.45) is 0 Å². The number of nitrogens with zero attached hydrogens (tertiary/aromatic N) is 1. The number of benzene rings is 3. The number of aliphatic hydroxyl groups is 1. The molecule has 3 aromatic rings. The van der Waals surface area contributed by atoms with Crippen LogP contribution >= 0.6 is 0 Å². The number of amides is 1. The molecule has 34 heavy (non-hydrogen) atoms. The molecule has 3 rings (SSSR count). The highest BCUT2D eigenvalue weighted by molar-refractivity contribution is 5.64. The Balaban J connectivity index is 0.000000379. The van der Waals surface area contributed by atoms with Crippen molar-refractivity contribution in [2.45, 2.75) is 32.4 Å². The minimum Gasteiger partial charge on any atom is -0.465 e. The van der Waals surface area contributed by atoms with E-state index in [9.17, 15) is 18.7 Å². The van der Waals surface area contributed by atoms with Crippen LogP contribution in [0.1, 0.15) is 36.1 Å². The van der Waals surface area contributed by atoms with E-state index in [1.807, 2.05) is 36.4 Å². The maximum atomic E-state index is 12.2. The molecule has 0 aliphatic heterocycles. The molecule has 0 aliphatic carbocycles. The Morgan fingerprint density at radius 1 is 0.941 bits per heavy atom. The number of rotatable bonds is 9. The van der Waals surface area contributed by atoms with Gasteiger partial charge in [-0.3, -0.25) is 4.90 Å². The Labute approximate surface area is 199 Å². The molecule has 0 saturated carbocycles. The fourth-order valence-corrected chi connectivity index (χ4v) is 3.72. The fraction of sp³-hybridized carbons (Fsp3) is 0.296. The van der Waals surface area contributed by atoms with Gasteiger partial charge in [-0.15, -0.1) is 0 Å². The van der Waals surface area contributed by atoms with Gasteiger partial charge >= 0.3 is 6.09 Å². The lowest BCUT2D eigenvalue weighted by atomic mass is 9.96. The van der Waals surface area contributed by atoms with Crippen LogP contribution in [0.25, 0.3) is 0 Å². The summed E-state index contributed by atoms with van der Waals surface area (Å²) in [6.45, 7) is 5.00. The third kappa shape index (κ3) is 9.68. The van der Waals surface area contributed by atoms with Gasteiger partial charge in [-0.05, 0) is 49.1 Å². The topological polar surface area (TPSA) is 72.8 Å². The normalized spacial score (nSPS) is 11.6. The van der Waals surface area contributed by atoms with Gasteiger partial charge in [0.15, 0.2) is 0 Å². The van der Waals surface area contributed by atoms with E-state index in [0.29, 0.717) is 31.6 Å². The lowest BCUT2D eigenvalue weighted by Crippen LogP contribution is -2.37. The first kappa shape index (κ1) is 27.0. The number of halogens is 2. The van der Waals surface area contributed by atoms with Crippen LogP contribution in [-0.2, 0) is 0 Å². The Morgan fingerprint density at radius 3 is 1.85 bits per heavy atom. The summed E-state index contributed by atoms with van der Waals surface area (Å²) < 4.78 is 24.4. The van der Waals surface area contributed by atoms with E-state index in [1.165, 1.54) is 12.1 Å². The summed E-state index contributed by atoms with van der Waals surface area (Å²) in [6.07, 6.45) is -0.804. The fourth-order valence-electron chi connectivity index (χ4n) is 3.72. The molecule has 0 heterocycles. The lowest BCUT2D eigenvalue weighted by molar-refractivity contribution is 0.107. The van der Waals surface area contributed by atoms with Crippen LogP contribution in [0.3, 0.4) is 0 Å². The second-order valence-electron chi connectivity index (χ2n) is 8.10. The second-order valence-corrected chi connectivity index (χ2v) is 8.10. The molecular formula is C27H32F2N2O3. The Morgan fingerprint density at radius 2 is 1.44 bits per heavy atom. The molecule has 0 saturated heterocycles. The summed E-state index contributed by atoms with van der Waals surface area (Å²) in [5, 5.41) is 21.1. The largest absolute Gasteiger partial charge is 0.465 e. The van der Waals surface area contributed by atoms with Crippen molar-refractivity contribution in [3.63, 3.8) is 0 Å². The summed E-state index contributed by atoms with van der Waals surface area (Å²) in [7, 11) is 0. The SMILES string of the molecule is CC(O)CN(CCCNC(=O)O)C(c1ccccc1)c1ccccc1.Cc1cc(F)cc(F)c1. The zero-order chi connectivity index (χ0) is 24.9. The maximum absolute atomic E-state index is 12.2. The molecule has 1 unspecified atom stereocenters. The van der Waals surface area contributed by atoms with Gasteiger partial charge in [-0.2, -0.15) is 0 Å². The third-order valence-electron chi connectivity index (χ3n) is 5.00. The van der Waals surface area contributed by atoms with Gasteiger partial charge < -0.3 is 15.5 Å². The highest BCUT2D eigenvalue weighted by Gasteiger charge is 2.23. The molecular weight excluding hydrogens is 438 g/mol. The minimum absolute atomic E-state index is 0.0156. The summed E-state index contributed by atoms with van der Waals surface area (Å²) in [4.78, 5) is 12.8. The standard InChI is InChI=1S/C20H26N2O3.C7H6F2/c1-16(23)15-22(14-8-13-21-20(24)25)19(17-9-4-2-5-10-17)18-11-6-3-7-12-18;1-5-2-6(8)4-7(9)3-5/h2-7,9-12,16,19,21,23H,8,13-15H2,1H3,(H,24,25);2-4H,1H3. The molecule has 0 aromatic heterocycles. The predicted molar refractivity (Wildman–Crippen MR) is 130 cm³/mol. The summed E-state index contributed by atoms with van der Waals surface area (Å²) in [6, 6.07) is 23.8. The van der Waals surface area contributed by atoms with E-state index < -0.39 is 23.8 Å². The van der Waals surface area contributed by atoms with Gasteiger partial charge in [0.25, 0.3) is 0 Å². The zero-order valence-corrected chi connectivity index (χ0v) is 19.5. The van der Waals surface area contributed by atoms with E-state index >= 15 is 0 Å². The van der Waals surface area contributed by atoms with E-state index in [2.05, 4.69) is 34.5 Å². The van der Waals surface area contributed by atoms with Gasteiger partial charge in [0.1, 0.15) is 11.6 Å². The molecule has 1 atom stereocenters. The van der Waals surface area contributed by atoms with E-state index in [0.717, 1.165) is 17.2 Å². The van der Waals surface area contributed by atoms with Crippen molar-refractivity contribution in [3.05, 3.63) is 107 Å².